The predicted molar refractivity (Wildman–Crippen MR) is 90.1 cm³/mol. The first-order chi connectivity index (χ1) is 11.0. The number of fused-ring (bicyclic) bond motifs is 1. The van der Waals surface area contributed by atoms with Crippen LogP contribution in [0.15, 0.2) is 42.5 Å². The molecule has 0 fully saturated rings. The fourth-order valence-corrected chi connectivity index (χ4v) is 2.35. The summed E-state index contributed by atoms with van der Waals surface area (Å²) in [6, 6.07) is 13.1. The van der Waals surface area contributed by atoms with Gasteiger partial charge in [0.25, 0.3) is 0 Å². The Balaban J connectivity index is 1.90. The van der Waals surface area contributed by atoms with Crippen molar-refractivity contribution in [2.45, 2.75) is 13.8 Å². The first-order valence-corrected chi connectivity index (χ1v) is 7.16. The maximum absolute atomic E-state index is 11.1. The van der Waals surface area contributed by atoms with Crippen LogP contribution in [0.25, 0.3) is 22.3 Å². The SMILES string of the molecule is CC(=O)Nc1ccc(-c2cc3nc(NC(C)=O)ccc3[nH]2)cc1. The molecule has 3 N–H and O–H groups in total. The number of carbonyl (C=O) groups excluding carboxylic acids is 2. The fraction of sp³-hybridized carbons (Fsp3) is 0.118. The smallest absolute Gasteiger partial charge is 0.222 e. The molecule has 0 saturated carbocycles. The molecular formula is C17H16N4O2. The van der Waals surface area contributed by atoms with Crippen molar-refractivity contribution in [3.05, 3.63) is 42.5 Å². The molecule has 0 bridgehead atoms. The number of anilines is 2. The van der Waals surface area contributed by atoms with Gasteiger partial charge in [0.1, 0.15) is 5.82 Å². The van der Waals surface area contributed by atoms with Crippen LogP contribution in [0.2, 0.25) is 0 Å². The Bertz CT molecular complexity index is 881. The molecule has 0 spiro atoms. The first kappa shape index (κ1) is 14.8. The van der Waals surface area contributed by atoms with Gasteiger partial charge in [-0.05, 0) is 35.9 Å². The minimum Gasteiger partial charge on any atom is -0.353 e. The lowest BCUT2D eigenvalue weighted by Gasteiger charge is -2.03. The van der Waals surface area contributed by atoms with Gasteiger partial charge in [-0.15, -0.1) is 0 Å². The van der Waals surface area contributed by atoms with E-state index in [0.29, 0.717) is 5.82 Å². The molecule has 0 aliphatic carbocycles. The summed E-state index contributed by atoms with van der Waals surface area (Å²) in [5.74, 6) is 0.274. The number of aromatic amines is 1. The molecule has 2 amide bonds. The Labute approximate surface area is 132 Å². The zero-order chi connectivity index (χ0) is 16.4. The molecule has 3 rings (SSSR count). The third-order valence-corrected chi connectivity index (χ3v) is 3.30. The summed E-state index contributed by atoms with van der Waals surface area (Å²) in [5, 5.41) is 5.40. The molecule has 1 aromatic carbocycles. The van der Waals surface area contributed by atoms with E-state index in [9.17, 15) is 9.59 Å². The second kappa shape index (κ2) is 5.92. The monoisotopic (exact) mass is 308 g/mol. The minimum atomic E-state index is -0.152. The van der Waals surface area contributed by atoms with Crippen molar-refractivity contribution in [3.63, 3.8) is 0 Å². The second-order valence-electron chi connectivity index (χ2n) is 5.25. The third-order valence-electron chi connectivity index (χ3n) is 3.30. The van der Waals surface area contributed by atoms with Gasteiger partial charge >= 0.3 is 0 Å². The second-order valence-corrected chi connectivity index (χ2v) is 5.25. The van der Waals surface area contributed by atoms with E-state index in [0.717, 1.165) is 28.0 Å². The van der Waals surface area contributed by atoms with Crippen LogP contribution >= 0.6 is 0 Å². The molecule has 2 heterocycles. The van der Waals surface area contributed by atoms with E-state index in [2.05, 4.69) is 20.6 Å². The van der Waals surface area contributed by atoms with Crippen molar-refractivity contribution in [2.24, 2.45) is 0 Å². The fourth-order valence-electron chi connectivity index (χ4n) is 2.35. The number of nitrogens with zero attached hydrogens (tertiary/aromatic N) is 1. The number of aromatic nitrogens is 2. The summed E-state index contributed by atoms with van der Waals surface area (Å²) >= 11 is 0. The highest BCUT2D eigenvalue weighted by atomic mass is 16.2. The van der Waals surface area contributed by atoms with Crippen LogP contribution in [0.1, 0.15) is 13.8 Å². The van der Waals surface area contributed by atoms with Crippen LogP contribution in [0.5, 0.6) is 0 Å². The summed E-state index contributed by atoms with van der Waals surface area (Å²) < 4.78 is 0. The standard InChI is InChI=1S/C17H16N4O2/c1-10(22)18-13-5-3-12(4-6-13)15-9-16-14(20-15)7-8-17(21-16)19-11(2)23/h3-9,20H,1-2H3,(H,18,22)(H,19,21,23). The van der Waals surface area contributed by atoms with Crippen LogP contribution in [0, 0.1) is 0 Å². The lowest BCUT2D eigenvalue weighted by Crippen LogP contribution is -2.06. The average molecular weight is 308 g/mol. The van der Waals surface area contributed by atoms with Crippen molar-refractivity contribution in [1.29, 1.82) is 0 Å². The summed E-state index contributed by atoms with van der Waals surface area (Å²) in [4.78, 5) is 29.8. The van der Waals surface area contributed by atoms with Gasteiger partial charge in [-0.3, -0.25) is 9.59 Å². The van der Waals surface area contributed by atoms with E-state index >= 15 is 0 Å². The van der Waals surface area contributed by atoms with Crippen LogP contribution in [0.4, 0.5) is 11.5 Å². The van der Waals surface area contributed by atoms with Gasteiger partial charge in [-0.2, -0.15) is 0 Å². The number of benzene rings is 1. The largest absolute Gasteiger partial charge is 0.353 e. The molecule has 3 aromatic rings. The molecule has 0 unspecified atom stereocenters. The Morgan fingerprint density at radius 3 is 2.30 bits per heavy atom. The van der Waals surface area contributed by atoms with E-state index in [-0.39, 0.29) is 11.8 Å². The van der Waals surface area contributed by atoms with Crippen molar-refractivity contribution >= 4 is 34.4 Å². The molecule has 0 saturated heterocycles. The molecular weight excluding hydrogens is 292 g/mol. The number of pyridine rings is 1. The van der Waals surface area contributed by atoms with E-state index in [4.69, 9.17) is 0 Å². The Hall–Kier alpha value is -3.15. The number of amides is 2. The van der Waals surface area contributed by atoms with Gasteiger partial charge in [-0.1, -0.05) is 12.1 Å². The first-order valence-electron chi connectivity index (χ1n) is 7.16. The van der Waals surface area contributed by atoms with Gasteiger partial charge in [0.05, 0.1) is 11.0 Å². The summed E-state index contributed by atoms with van der Waals surface area (Å²) in [6.07, 6.45) is 0. The molecule has 23 heavy (non-hydrogen) atoms. The quantitative estimate of drug-likeness (QED) is 0.694. The van der Waals surface area contributed by atoms with Crippen molar-refractivity contribution in [2.75, 3.05) is 10.6 Å². The summed E-state index contributed by atoms with van der Waals surface area (Å²) in [7, 11) is 0. The number of H-pyrrole nitrogens is 1. The lowest BCUT2D eigenvalue weighted by molar-refractivity contribution is -0.115. The number of rotatable bonds is 3. The highest BCUT2D eigenvalue weighted by Gasteiger charge is 2.06. The number of nitrogens with one attached hydrogen (secondary N) is 3. The number of hydrogen-bond donors (Lipinski definition) is 3. The van der Waals surface area contributed by atoms with E-state index in [1.54, 1.807) is 6.07 Å². The highest BCUT2D eigenvalue weighted by Crippen LogP contribution is 2.25. The molecule has 2 aromatic heterocycles. The molecule has 6 heteroatoms. The van der Waals surface area contributed by atoms with Crippen LogP contribution in [0.3, 0.4) is 0 Å². The Morgan fingerprint density at radius 1 is 0.957 bits per heavy atom. The average Bonchev–Trinajstić information content (AvgIpc) is 2.90. The van der Waals surface area contributed by atoms with Gasteiger partial charge in [0.15, 0.2) is 0 Å². The van der Waals surface area contributed by atoms with Gasteiger partial charge in [0, 0.05) is 25.2 Å². The van der Waals surface area contributed by atoms with E-state index in [1.807, 2.05) is 36.4 Å². The van der Waals surface area contributed by atoms with E-state index < -0.39 is 0 Å². The Kier molecular flexibility index (Phi) is 3.80. The van der Waals surface area contributed by atoms with Crippen LogP contribution in [-0.2, 0) is 9.59 Å². The molecule has 0 aliphatic heterocycles. The molecule has 0 atom stereocenters. The van der Waals surface area contributed by atoms with Crippen molar-refractivity contribution in [1.82, 2.24) is 9.97 Å². The topological polar surface area (TPSA) is 86.9 Å². The zero-order valence-electron chi connectivity index (χ0n) is 12.8. The van der Waals surface area contributed by atoms with Gasteiger partial charge in [-0.25, -0.2) is 4.98 Å². The summed E-state index contributed by atoms with van der Waals surface area (Å²) in [5.41, 5.74) is 4.32. The zero-order valence-corrected chi connectivity index (χ0v) is 12.8. The van der Waals surface area contributed by atoms with Crippen LogP contribution in [-0.4, -0.2) is 21.8 Å². The number of hydrogen-bond acceptors (Lipinski definition) is 3. The maximum Gasteiger partial charge on any atom is 0.222 e. The predicted octanol–water partition coefficient (Wildman–Crippen LogP) is 3.15. The normalized spacial score (nSPS) is 10.5. The molecule has 116 valence electrons. The molecule has 0 radical (unpaired) electrons. The summed E-state index contributed by atoms with van der Waals surface area (Å²) in [6.45, 7) is 2.93. The molecule has 0 aliphatic rings. The molecule has 6 nitrogen and oxygen atoms in total. The lowest BCUT2D eigenvalue weighted by atomic mass is 10.1. The Morgan fingerprint density at radius 2 is 1.65 bits per heavy atom. The maximum atomic E-state index is 11.1. The van der Waals surface area contributed by atoms with Crippen molar-refractivity contribution in [3.8, 4) is 11.3 Å². The van der Waals surface area contributed by atoms with Gasteiger partial charge in [0.2, 0.25) is 11.8 Å². The van der Waals surface area contributed by atoms with Gasteiger partial charge < -0.3 is 15.6 Å². The number of carbonyl (C=O) groups is 2. The highest BCUT2D eigenvalue weighted by molar-refractivity contribution is 5.91. The third kappa shape index (κ3) is 3.37. The van der Waals surface area contributed by atoms with Crippen LogP contribution < -0.4 is 10.6 Å². The van der Waals surface area contributed by atoms with Crippen molar-refractivity contribution < 1.29 is 9.59 Å². The van der Waals surface area contributed by atoms with E-state index in [1.165, 1.54) is 13.8 Å². The minimum absolute atomic E-state index is 0.0990.